The molecule has 0 bridgehead atoms. The van der Waals surface area contributed by atoms with Gasteiger partial charge in [0.15, 0.2) is 23.0 Å². The van der Waals surface area contributed by atoms with Gasteiger partial charge in [0.25, 0.3) is 0 Å². The van der Waals surface area contributed by atoms with Crippen LogP contribution in [0.1, 0.15) is 5.56 Å². The zero-order chi connectivity index (χ0) is 15.1. The third kappa shape index (κ3) is 2.02. The van der Waals surface area contributed by atoms with Crippen LogP contribution < -0.4 is 14.2 Å². The molecule has 0 fully saturated rings. The maximum atomic E-state index is 9.97. The zero-order valence-electron chi connectivity index (χ0n) is 12.1. The van der Waals surface area contributed by atoms with Crippen LogP contribution in [0.15, 0.2) is 42.6 Å². The molecular weight excluding hydrogens is 282 g/mol. The first-order valence-electron chi connectivity index (χ1n) is 6.99. The molecule has 2 heterocycles. The van der Waals surface area contributed by atoms with Crippen LogP contribution in [0.2, 0.25) is 0 Å². The summed E-state index contributed by atoms with van der Waals surface area (Å²) < 4.78 is 17.9. The monoisotopic (exact) mass is 297 g/mol. The summed E-state index contributed by atoms with van der Waals surface area (Å²) in [6.07, 6.45) is 1.99. The minimum Gasteiger partial charge on any atom is -0.504 e. The molecule has 112 valence electrons. The van der Waals surface area contributed by atoms with Crippen molar-refractivity contribution in [1.29, 1.82) is 0 Å². The van der Waals surface area contributed by atoms with Crippen LogP contribution in [-0.4, -0.2) is 23.6 Å². The van der Waals surface area contributed by atoms with Gasteiger partial charge >= 0.3 is 0 Å². The molecule has 22 heavy (non-hydrogen) atoms. The molecule has 3 aromatic rings. The summed E-state index contributed by atoms with van der Waals surface area (Å²) in [4.78, 5) is 0. The molecule has 4 rings (SSSR count). The van der Waals surface area contributed by atoms with Gasteiger partial charge in [-0.1, -0.05) is 6.07 Å². The van der Waals surface area contributed by atoms with E-state index in [1.54, 1.807) is 13.2 Å². The number of benzene rings is 2. The summed E-state index contributed by atoms with van der Waals surface area (Å²) in [5, 5.41) is 11.0. The molecule has 0 unspecified atom stereocenters. The average molecular weight is 297 g/mol. The van der Waals surface area contributed by atoms with E-state index < -0.39 is 0 Å². The molecule has 1 aliphatic heterocycles. The Hall–Kier alpha value is -2.82. The van der Waals surface area contributed by atoms with Crippen molar-refractivity contribution >= 4 is 10.9 Å². The van der Waals surface area contributed by atoms with E-state index >= 15 is 0 Å². The van der Waals surface area contributed by atoms with Crippen LogP contribution in [0, 0.1) is 0 Å². The average Bonchev–Trinajstić information content (AvgIpc) is 3.13. The third-order valence-corrected chi connectivity index (χ3v) is 3.86. The first-order chi connectivity index (χ1) is 10.7. The Morgan fingerprint density at radius 2 is 2.00 bits per heavy atom. The minimum absolute atomic E-state index is 0.139. The number of hydrogen-bond acceptors (Lipinski definition) is 4. The number of phenols is 1. The number of methoxy groups -OCH3 is 1. The second-order valence-corrected chi connectivity index (χ2v) is 5.21. The van der Waals surface area contributed by atoms with Crippen LogP contribution in [0.4, 0.5) is 0 Å². The Morgan fingerprint density at radius 3 is 2.86 bits per heavy atom. The normalized spacial score (nSPS) is 12.8. The van der Waals surface area contributed by atoms with Crippen LogP contribution in [0.25, 0.3) is 10.9 Å². The van der Waals surface area contributed by atoms with Crippen molar-refractivity contribution < 1.29 is 19.3 Å². The van der Waals surface area contributed by atoms with Crippen molar-refractivity contribution in [2.45, 2.75) is 6.54 Å². The Labute approximate surface area is 127 Å². The molecule has 0 saturated heterocycles. The lowest BCUT2D eigenvalue weighted by Crippen LogP contribution is -1.98. The zero-order valence-corrected chi connectivity index (χ0v) is 12.1. The predicted octanol–water partition coefficient (Wildman–Crippen LogP) is 3.13. The fraction of sp³-hybridized carbons (Fsp3) is 0.176. The maximum absolute atomic E-state index is 9.97. The number of aromatic hydroxyl groups is 1. The highest BCUT2D eigenvalue weighted by Gasteiger charge is 2.14. The Kier molecular flexibility index (Phi) is 2.85. The van der Waals surface area contributed by atoms with Gasteiger partial charge in [-0.3, -0.25) is 0 Å². The molecule has 0 radical (unpaired) electrons. The van der Waals surface area contributed by atoms with Gasteiger partial charge in [-0.05, 0) is 29.8 Å². The first-order valence-corrected chi connectivity index (χ1v) is 6.99. The molecule has 0 aliphatic carbocycles. The van der Waals surface area contributed by atoms with Gasteiger partial charge in [-0.25, -0.2) is 0 Å². The number of fused-ring (bicyclic) bond motifs is 2. The van der Waals surface area contributed by atoms with Crippen molar-refractivity contribution in [2.24, 2.45) is 0 Å². The highest BCUT2D eigenvalue weighted by atomic mass is 16.7. The lowest BCUT2D eigenvalue weighted by molar-refractivity contribution is 0.174. The topological polar surface area (TPSA) is 52.9 Å². The molecule has 1 aliphatic rings. The van der Waals surface area contributed by atoms with Gasteiger partial charge in [-0.15, -0.1) is 0 Å². The maximum Gasteiger partial charge on any atom is 0.231 e. The lowest BCUT2D eigenvalue weighted by atomic mass is 10.2. The van der Waals surface area contributed by atoms with Gasteiger partial charge in [0, 0.05) is 24.2 Å². The van der Waals surface area contributed by atoms with Gasteiger partial charge in [-0.2, -0.15) is 0 Å². The summed E-state index contributed by atoms with van der Waals surface area (Å²) in [5.74, 6) is 2.18. The van der Waals surface area contributed by atoms with Crippen LogP contribution in [0.5, 0.6) is 23.0 Å². The first kappa shape index (κ1) is 12.9. The van der Waals surface area contributed by atoms with Crippen LogP contribution in [-0.2, 0) is 6.54 Å². The molecule has 5 nitrogen and oxygen atoms in total. The van der Waals surface area contributed by atoms with E-state index in [4.69, 9.17) is 14.2 Å². The molecule has 0 spiro atoms. The highest BCUT2D eigenvalue weighted by Crippen LogP contribution is 2.34. The van der Waals surface area contributed by atoms with E-state index in [0.29, 0.717) is 12.3 Å². The molecule has 1 N–H and O–H groups in total. The van der Waals surface area contributed by atoms with Crippen molar-refractivity contribution in [2.75, 3.05) is 13.9 Å². The van der Waals surface area contributed by atoms with E-state index in [2.05, 4.69) is 4.57 Å². The number of phenolic OH excluding ortho intramolecular Hbond substituents is 1. The van der Waals surface area contributed by atoms with Gasteiger partial charge in [0.2, 0.25) is 6.79 Å². The summed E-state index contributed by atoms with van der Waals surface area (Å²) >= 11 is 0. The number of ether oxygens (including phenoxy) is 3. The van der Waals surface area contributed by atoms with Gasteiger partial charge in [0.05, 0.1) is 12.6 Å². The van der Waals surface area contributed by atoms with E-state index in [1.807, 2.05) is 36.5 Å². The van der Waals surface area contributed by atoms with E-state index in [1.165, 1.54) is 0 Å². The third-order valence-electron chi connectivity index (χ3n) is 3.86. The van der Waals surface area contributed by atoms with E-state index in [-0.39, 0.29) is 12.5 Å². The summed E-state index contributed by atoms with van der Waals surface area (Å²) in [6, 6.07) is 11.5. The quantitative estimate of drug-likeness (QED) is 0.807. The number of nitrogens with zero attached hydrogens (tertiary/aromatic N) is 1. The smallest absolute Gasteiger partial charge is 0.231 e. The van der Waals surface area contributed by atoms with Crippen LogP contribution in [0.3, 0.4) is 0 Å². The molecule has 2 aromatic carbocycles. The second-order valence-electron chi connectivity index (χ2n) is 5.21. The predicted molar refractivity (Wildman–Crippen MR) is 81.8 cm³/mol. The summed E-state index contributed by atoms with van der Waals surface area (Å²) in [6.45, 7) is 0.963. The number of rotatable bonds is 3. The van der Waals surface area contributed by atoms with Crippen molar-refractivity contribution in [3.63, 3.8) is 0 Å². The van der Waals surface area contributed by atoms with Crippen molar-refractivity contribution in [3.8, 4) is 23.0 Å². The molecule has 0 amide bonds. The van der Waals surface area contributed by atoms with E-state index in [9.17, 15) is 5.11 Å². The fourth-order valence-electron chi connectivity index (χ4n) is 2.74. The fourth-order valence-corrected chi connectivity index (χ4v) is 2.74. The minimum atomic E-state index is 0.139. The van der Waals surface area contributed by atoms with Gasteiger partial charge < -0.3 is 23.9 Å². The largest absolute Gasteiger partial charge is 0.504 e. The highest BCUT2D eigenvalue weighted by molar-refractivity contribution is 5.84. The second kappa shape index (κ2) is 4.87. The Balaban J connectivity index is 1.71. The van der Waals surface area contributed by atoms with Crippen LogP contribution >= 0.6 is 0 Å². The lowest BCUT2D eigenvalue weighted by Gasteiger charge is -2.08. The van der Waals surface area contributed by atoms with E-state index in [0.717, 1.165) is 28.0 Å². The standard InChI is InChI=1S/C17H15NO4/c1-20-16-7-12-4-5-18(13(12)8-14(16)19)9-11-2-3-15-17(6-11)22-10-21-15/h2-8,19H,9-10H2,1H3. The Bertz CT molecular complexity index is 853. The molecule has 1 aromatic heterocycles. The van der Waals surface area contributed by atoms with Crippen molar-refractivity contribution in [3.05, 3.63) is 48.2 Å². The van der Waals surface area contributed by atoms with Crippen molar-refractivity contribution in [1.82, 2.24) is 4.57 Å². The summed E-state index contributed by atoms with van der Waals surface area (Å²) in [7, 11) is 1.55. The SMILES string of the molecule is COc1cc2ccn(Cc3ccc4c(c3)OCO4)c2cc1O. The molecule has 0 saturated carbocycles. The molecule has 5 heteroatoms. The Morgan fingerprint density at radius 1 is 1.14 bits per heavy atom. The summed E-state index contributed by atoms with van der Waals surface area (Å²) in [5.41, 5.74) is 2.06. The number of aromatic nitrogens is 1. The van der Waals surface area contributed by atoms with Gasteiger partial charge in [0.1, 0.15) is 0 Å². The molecule has 0 atom stereocenters. The molecular formula is C17H15NO4. The number of hydrogen-bond donors (Lipinski definition) is 1.